The van der Waals surface area contributed by atoms with Crippen LogP contribution in [-0.4, -0.2) is 81.4 Å². The monoisotopic (exact) mass is 477 g/mol. The number of morpholine rings is 1. The Morgan fingerprint density at radius 1 is 0.886 bits per heavy atom. The summed E-state index contributed by atoms with van der Waals surface area (Å²) >= 11 is 0. The van der Waals surface area contributed by atoms with Crippen molar-refractivity contribution in [2.24, 2.45) is 0 Å². The largest absolute Gasteiger partial charge is 0.378 e. The average molecular weight is 478 g/mol. The van der Waals surface area contributed by atoms with Crippen LogP contribution in [0.15, 0.2) is 35.1 Å². The second kappa shape index (κ2) is 10.1. The predicted octanol–water partition coefficient (Wildman–Crippen LogP) is 1.77. The first-order valence-electron chi connectivity index (χ1n) is 13.1. The van der Waals surface area contributed by atoms with Gasteiger partial charge in [0, 0.05) is 57.9 Å². The van der Waals surface area contributed by atoms with Crippen LogP contribution in [0.25, 0.3) is 5.78 Å². The number of nitrogens with zero attached hydrogens (tertiary/aromatic N) is 7. The van der Waals surface area contributed by atoms with Crippen LogP contribution in [0.2, 0.25) is 0 Å². The Balaban J connectivity index is 1.35. The van der Waals surface area contributed by atoms with Crippen LogP contribution in [0.1, 0.15) is 36.1 Å². The maximum absolute atomic E-state index is 13.7. The van der Waals surface area contributed by atoms with E-state index in [1.54, 1.807) is 4.52 Å². The molecule has 1 aromatic carbocycles. The van der Waals surface area contributed by atoms with Crippen molar-refractivity contribution in [3.8, 4) is 0 Å². The topological polar surface area (TPSA) is 71.1 Å². The molecule has 0 amide bonds. The maximum atomic E-state index is 13.7. The molecule has 2 saturated heterocycles. The highest BCUT2D eigenvalue weighted by atomic mass is 16.5. The number of ether oxygens (including phenoxy) is 1. The third kappa shape index (κ3) is 4.72. The van der Waals surface area contributed by atoms with Crippen molar-refractivity contribution < 1.29 is 4.74 Å². The van der Waals surface area contributed by atoms with Gasteiger partial charge in [-0.25, -0.2) is 0 Å². The summed E-state index contributed by atoms with van der Waals surface area (Å²) in [6, 6.07) is 10.5. The van der Waals surface area contributed by atoms with Crippen molar-refractivity contribution in [1.29, 1.82) is 0 Å². The molecule has 9 heteroatoms. The minimum atomic E-state index is -0.0195. The summed E-state index contributed by atoms with van der Waals surface area (Å²) in [6.45, 7) is 9.42. The quantitative estimate of drug-likeness (QED) is 0.536. The van der Waals surface area contributed by atoms with E-state index in [1.807, 2.05) is 6.07 Å². The van der Waals surface area contributed by atoms with Crippen LogP contribution < -0.4 is 10.5 Å². The smallest absolute Gasteiger partial charge is 0.280 e. The van der Waals surface area contributed by atoms with E-state index in [9.17, 15) is 4.79 Å². The summed E-state index contributed by atoms with van der Waals surface area (Å²) in [5.74, 6) is 1.32. The van der Waals surface area contributed by atoms with Crippen LogP contribution in [0, 0.1) is 0 Å². The van der Waals surface area contributed by atoms with Gasteiger partial charge in [-0.15, -0.1) is 5.10 Å². The lowest BCUT2D eigenvalue weighted by molar-refractivity contribution is 0.122. The fourth-order valence-electron chi connectivity index (χ4n) is 5.68. The zero-order chi connectivity index (χ0) is 23.6. The Morgan fingerprint density at radius 3 is 2.49 bits per heavy atom. The fourth-order valence-corrected chi connectivity index (χ4v) is 5.68. The Bertz CT molecular complexity index is 1210. The number of anilines is 1. The van der Waals surface area contributed by atoms with E-state index in [0.717, 1.165) is 70.0 Å². The zero-order valence-electron chi connectivity index (χ0n) is 20.4. The fraction of sp³-hybridized carbons (Fsp3) is 0.577. The third-order valence-corrected chi connectivity index (χ3v) is 7.62. The number of likely N-dealkylation sites (tertiary alicyclic amines) is 1. The van der Waals surface area contributed by atoms with Gasteiger partial charge in [-0.2, -0.15) is 9.50 Å². The highest BCUT2D eigenvalue weighted by Crippen LogP contribution is 2.22. The number of hydrogen-bond acceptors (Lipinski definition) is 7. The van der Waals surface area contributed by atoms with E-state index >= 15 is 0 Å². The molecule has 0 N–H and O–H groups in total. The lowest BCUT2D eigenvalue weighted by atomic mass is 10.1. The van der Waals surface area contributed by atoms with Crippen molar-refractivity contribution in [1.82, 2.24) is 29.0 Å². The van der Waals surface area contributed by atoms with Gasteiger partial charge in [-0.1, -0.05) is 36.8 Å². The second-order valence-electron chi connectivity index (χ2n) is 9.95. The first-order chi connectivity index (χ1) is 17.3. The molecule has 0 saturated carbocycles. The molecule has 9 nitrogen and oxygen atoms in total. The van der Waals surface area contributed by atoms with Crippen molar-refractivity contribution in [2.45, 2.75) is 45.3 Å². The number of aromatic nitrogens is 4. The molecule has 2 aromatic heterocycles. The SMILES string of the molecule is O=c1c2c(n(CCN3CCCCC3)c3nc(N4CCOCC4)nn13)CCN(Cc1ccccc1)C2. The van der Waals surface area contributed by atoms with Gasteiger partial charge in [0.25, 0.3) is 5.56 Å². The van der Waals surface area contributed by atoms with Gasteiger partial charge in [-0.05, 0) is 31.5 Å². The minimum absolute atomic E-state index is 0.0195. The molecule has 35 heavy (non-hydrogen) atoms. The molecule has 0 bridgehead atoms. The Labute approximate surface area is 205 Å². The Kier molecular flexibility index (Phi) is 6.54. The van der Waals surface area contributed by atoms with Crippen molar-refractivity contribution in [3.05, 3.63) is 57.5 Å². The minimum Gasteiger partial charge on any atom is -0.378 e. The van der Waals surface area contributed by atoms with Crippen LogP contribution in [0.4, 0.5) is 5.95 Å². The first-order valence-corrected chi connectivity index (χ1v) is 13.1. The molecule has 3 aliphatic rings. The number of hydrogen-bond donors (Lipinski definition) is 0. The summed E-state index contributed by atoms with van der Waals surface area (Å²) in [4.78, 5) is 25.7. The van der Waals surface area contributed by atoms with Gasteiger partial charge >= 0.3 is 0 Å². The molecule has 3 aliphatic heterocycles. The first kappa shape index (κ1) is 22.7. The molecule has 0 unspecified atom stereocenters. The normalized spacial score (nSPS) is 19.8. The van der Waals surface area contributed by atoms with Crippen molar-refractivity contribution in [3.63, 3.8) is 0 Å². The molecule has 3 aromatic rings. The number of fused-ring (bicyclic) bond motifs is 2. The van der Waals surface area contributed by atoms with E-state index in [1.165, 1.54) is 24.8 Å². The van der Waals surface area contributed by atoms with E-state index in [2.05, 4.69) is 43.5 Å². The maximum Gasteiger partial charge on any atom is 0.280 e. The van der Waals surface area contributed by atoms with Crippen LogP contribution in [0.3, 0.4) is 0 Å². The molecule has 2 fully saturated rings. The van der Waals surface area contributed by atoms with Crippen LogP contribution >= 0.6 is 0 Å². The van der Waals surface area contributed by atoms with Crippen LogP contribution in [-0.2, 0) is 30.8 Å². The number of piperidine rings is 1. The molecular formula is C26H35N7O2. The van der Waals surface area contributed by atoms with Crippen LogP contribution in [0.5, 0.6) is 0 Å². The molecule has 0 radical (unpaired) electrons. The van der Waals surface area contributed by atoms with E-state index in [-0.39, 0.29) is 5.56 Å². The third-order valence-electron chi connectivity index (χ3n) is 7.62. The van der Waals surface area contributed by atoms with Crippen molar-refractivity contribution >= 4 is 11.7 Å². The summed E-state index contributed by atoms with van der Waals surface area (Å²) < 4.78 is 9.36. The van der Waals surface area contributed by atoms with Gasteiger partial charge in [0.15, 0.2) is 0 Å². The average Bonchev–Trinajstić information content (AvgIpc) is 3.36. The van der Waals surface area contributed by atoms with Gasteiger partial charge in [-0.3, -0.25) is 9.69 Å². The lowest BCUT2D eigenvalue weighted by Gasteiger charge is -2.31. The van der Waals surface area contributed by atoms with E-state index in [0.29, 0.717) is 31.5 Å². The van der Waals surface area contributed by atoms with Gasteiger partial charge < -0.3 is 19.1 Å². The van der Waals surface area contributed by atoms with Gasteiger partial charge in [0.1, 0.15) is 0 Å². The predicted molar refractivity (Wildman–Crippen MR) is 135 cm³/mol. The Morgan fingerprint density at radius 2 is 1.69 bits per heavy atom. The molecule has 186 valence electrons. The molecule has 0 spiro atoms. The molecule has 6 rings (SSSR count). The zero-order valence-corrected chi connectivity index (χ0v) is 20.4. The van der Waals surface area contributed by atoms with E-state index in [4.69, 9.17) is 14.8 Å². The second-order valence-corrected chi connectivity index (χ2v) is 9.95. The van der Waals surface area contributed by atoms with Gasteiger partial charge in [0.2, 0.25) is 11.7 Å². The van der Waals surface area contributed by atoms with Crippen molar-refractivity contribution in [2.75, 3.05) is 57.4 Å². The molecule has 0 aliphatic carbocycles. The summed E-state index contributed by atoms with van der Waals surface area (Å²) in [7, 11) is 0. The summed E-state index contributed by atoms with van der Waals surface area (Å²) in [5.41, 5.74) is 3.27. The standard InChI is InChI=1S/C26H35N7O2/c34-24-22-20-30(19-21-7-3-1-4-8-21)12-9-23(22)32(14-13-29-10-5-2-6-11-29)26-27-25(28-33(24)26)31-15-17-35-18-16-31/h1,3-4,7-8H,2,5-6,9-20H2. The molecule has 0 atom stereocenters. The lowest BCUT2D eigenvalue weighted by Crippen LogP contribution is -2.40. The number of benzene rings is 1. The number of rotatable bonds is 6. The van der Waals surface area contributed by atoms with Gasteiger partial charge in [0.05, 0.1) is 18.8 Å². The van der Waals surface area contributed by atoms with E-state index < -0.39 is 0 Å². The molecular weight excluding hydrogens is 442 g/mol. The highest BCUT2D eigenvalue weighted by molar-refractivity contribution is 5.43. The highest BCUT2D eigenvalue weighted by Gasteiger charge is 2.27. The Hall–Kier alpha value is -2.75. The summed E-state index contributed by atoms with van der Waals surface area (Å²) in [5, 5.41) is 4.72. The molecule has 5 heterocycles. The summed E-state index contributed by atoms with van der Waals surface area (Å²) in [6.07, 6.45) is 4.74.